The molecule has 7 nitrogen and oxygen atoms in total. The highest BCUT2D eigenvalue weighted by Gasteiger charge is 2.32. The first-order valence-corrected chi connectivity index (χ1v) is 10.7. The van der Waals surface area contributed by atoms with E-state index in [2.05, 4.69) is 21.0 Å². The van der Waals surface area contributed by atoms with Crippen molar-refractivity contribution >= 4 is 21.9 Å². The number of aromatic nitrogens is 4. The third kappa shape index (κ3) is 4.39. The number of rotatable bonds is 5. The monoisotopic (exact) mass is 450 g/mol. The van der Waals surface area contributed by atoms with Crippen LogP contribution in [0.1, 0.15) is 32.0 Å². The van der Waals surface area contributed by atoms with Crippen molar-refractivity contribution in [2.75, 3.05) is 5.75 Å². The lowest BCUT2D eigenvalue weighted by atomic mass is 10.1. The second kappa shape index (κ2) is 7.92. The van der Waals surface area contributed by atoms with E-state index in [1.807, 2.05) is 6.92 Å². The summed E-state index contributed by atoms with van der Waals surface area (Å²) in [7, 11) is 0.663. The van der Waals surface area contributed by atoms with Crippen LogP contribution in [0.5, 0.6) is 5.75 Å². The Balaban J connectivity index is 2.23. The molecule has 0 aliphatic heterocycles. The van der Waals surface area contributed by atoms with E-state index in [1.165, 1.54) is 0 Å². The molecule has 1 unspecified atom stereocenters. The van der Waals surface area contributed by atoms with Crippen LogP contribution in [0.4, 0.5) is 13.2 Å². The summed E-state index contributed by atoms with van der Waals surface area (Å²) in [6.07, 6.45) is -3.75. The summed E-state index contributed by atoms with van der Waals surface area (Å²) in [5, 5.41) is 9.27. The predicted octanol–water partition coefficient (Wildman–Crippen LogP) is 4.80. The molecule has 3 aromatic rings. The van der Waals surface area contributed by atoms with Gasteiger partial charge in [0.15, 0.2) is 17.1 Å². The Morgan fingerprint density at radius 3 is 2.52 bits per heavy atom. The molecule has 11 heteroatoms. The van der Waals surface area contributed by atoms with Crippen molar-refractivity contribution in [3.63, 3.8) is 0 Å². The summed E-state index contributed by atoms with van der Waals surface area (Å²) in [5.41, 5.74) is -0.746. The molecule has 0 fully saturated rings. The van der Waals surface area contributed by atoms with E-state index in [0.29, 0.717) is 33.6 Å². The van der Waals surface area contributed by atoms with Crippen LogP contribution in [0.15, 0.2) is 23.2 Å². The van der Waals surface area contributed by atoms with Gasteiger partial charge in [-0.05, 0) is 32.9 Å². The predicted molar refractivity (Wildman–Crippen MR) is 111 cm³/mol. The summed E-state index contributed by atoms with van der Waals surface area (Å²) in [5.74, 6) is 1.18. The molecule has 0 aliphatic rings. The Labute approximate surface area is 179 Å². The normalized spacial score (nSPS) is 13.3. The number of ether oxygens (including phenoxy) is 1. The number of aryl methyl sites for hydroxylation is 2. The highest BCUT2D eigenvalue weighted by atomic mass is 32.2. The molecule has 0 amide bonds. The van der Waals surface area contributed by atoms with Gasteiger partial charge in [0.05, 0.1) is 16.2 Å². The Bertz CT molecular complexity index is 1230. The van der Waals surface area contributed by atoms with Gasteiger partial charge in [-0.15, -0.1) is 0 Å². The lowest BCUT2D eigenvalue weighted by molar-refractivity contribution is -0.137. The van der Waals surface area contributed by atoms with Crippen LogP contribution >= 0.6 is 0 Å². The molecule has 0 bridgehead atoms. The van der Waals surface area contributed by atoms with Crippen LogP contribution in [0, 0.1) is 23.0 Å². The molecule has 0 radical (unpaired) electrons. The number of nitrogens with zero attached hydrogens (tertiary/aromatic N) is 5. The number of hydrogen-bond donors (Lipinski definition) is 1. The largest absolute Gasteiger partial charge is 0.471 e. The van der Waals surface area contributed by atoms with E-state index in [9.17, 15) is 18.4 Å². The molecule has 0 aliphatic carbocycles. The van der Waals surface area contributed by atoms with Crippen molar-refractivity contribution < 1.29 is 17.9 Å². The number of imidazole rings is 1. The van der Waals surface area contributed by atoms with Crippen LogP contribution in [-0.2, 0) is 23.9 Å². The summed E-state index contributed by atoms with van der Waals surface area (Å²) in [6.45, 7) is 6.80. The highest BCUT2D eigenvalue weighted by molar-refractivity contribution is 7.86. The van der Waals surface area contributed by atoms with Gasteiger partial charge in [-0.25, -0.2) is 15.0 Å². The van der Waals surface area contributed by atoms with Gasteiger partial charge in [0.25, 0.3) is 0 Å². The van der Waals surface area contributed by atoms with Gasteiger partial charge in [-0.3, -0.25) is 4.78 Å². The fourth-order valence-electron chi connectivity index (χ4n) is 2.92. The Hall–Kier alpha value is -3.00. The minimum absolute atomic E-state index is 0.0880. The number of nitrogens with one attached hydrogen (secondary N) is 1. The number of alkyl halides is 3. The van der Waals surface area contributed by atoms with Crippen LogP contribution in [0.25, 0.3) is 22.7 Å². The lowest BCUT2D eigenvalue weighted by Crippen LogP contribution is -2.26. The second-order valence-electron chi connectivity index (χ2n) is 7.38. The zero-order chi connectivity index (χ0) is 23.1. The van der Waals surface area contributed by atoms with Gasteiger partial charge >= 0.3 is 6.18 Å². The maximum atomic E-state index is 13.1. The van der Waals surface area contributed by atoms with Gasteiger partial charge in [0, 0.05) is 19.0 Å². The maximum absolute atomic E-state index is 13.1. The Morgan fingerprint density at radius 1 is 1.26 bits per heavy atom. The van der Waals surface area contributed by atoms with Crippen molar-refractivity contribution in [1.29, 1.82) is 10.0 Å². The quantitative estimate of drug-likeness (QED) is 0.602. The number of nitriles is 1. The molecule has 1 N–H and O–H groups in total. The molecule has 31 heavy (non-hydrogen) atoms. The maximum Gasteiger partial charge on any atom is 0.417 e. The van der Waals surface area contributed by atoms with Gasteiger partial charge in [0.2, 0.25) is 0 Å². The average Bonchev–Trinajstić information content (AvgIpc) is 3.03. The van der Waals surface area contributed by atoms with E-state index in [4.69, 9.17) is 9.52 Å². The van der Waals surface area contributed by atoms with E-state index >= 15 is 0 Å². The molecule has 1 atom stereocenters. The Kier molecular flexibility index (Phi) is 5.80. The summed E-state index contributed by atoms with van der Waals surface area (Å²) >= 11 is 0. The van der Waals surface area contributed by atoms with Crippen molar-refractivity contribution in [2.24, 2.45) is 7.05 Å². The lowest BCUT2D eigenvalue weighted by Gasteiger charge is -2.21. The van der Waals surface area contributed by atoms with E-state index < -0.39 is 28.0 Å². The number of halogens is 3. The molecule has 0 spiro atoms. The number of hydrogen-bond acceptors (Lipinski definition) is 6. The van der Waals surface area contributed by atoms with Gasteiger partial charge in [-0.1, -0.05) is 17.6 Å². The van der Waals surface area contributed by atoms with E-state index in [1.54, 1.807) is 38.5 Å². The molecular weight excluding hydrogens is 429 g/mol. The molecule has 3 rings (SSSR count). The first kappa shape index (κ1) is 22.7. The first-order chi connectivity index (χ1) is 14.4. The van der Waals surface area contributed by atoms with Crippen LogP contribution in [-0.4, -0.2) is 30.9 Å². The molecule has 0 aromatic carbocycles. The standard InChI is InChI=1S/C20H21F3N6OS/c1-6-31(25)15-8-14(30-19(3,4)10-24)11(2)27-16(15)18-28-13-7-12(20(21,22)23)9-26-17(13)29(18)5/h7-9,25H,6H2,1-5H3. The topological polar surface area (TPSA) is 100 Å². The van der Waals surface area contributed by atoms with E-state index in [0.717, 1.165) is 12.3 Å². The molecule has 164 valence electrons. The zero-order valence-electron chi connectivity index (χ0n) is 17.6. The van der Waals surface area contributed by atoms with Gasteiger partial charge < -0.3 is 9.30 Å². The third-order valence-electron chi connectivity index (χ3n) is 4.57. The smallest absolute Gasteiger partial charge is 0.417 e. The van der Waals surface area contributed by atoms with Crippen molar-refractivity contribution in [3.05, 3.63) is 29.6 Å². The average molecular weight is 450 g/mol. The second-order valence-corrected chi connectivity index (χ2v) is 9.18. The van der Waals surface area contributed by atoms with Crippen LogP contribution in [0.2, 0.25) is 0 Å². The van der Waals surface area contributed by atoms with E-state index in [-0.39, 0.29) is 11.2 Å². The summed E-state index contributed by atoms with van der Waals surface area (Å²) in [4.78, 5) is 13.4. The first-order valence-electron chi connectivity index (χ1n) is 9.32. The molecule has 0 saturated carbocycles. The fourth-order valence-corrected chi connectivity index (χ4v) is 3.85. The zero-order valence-corrected chi connectivity index (χ0v) is 18.4. The Morgan fingerprint density at radius 2 is 1.94 bits per heavy atom. The fraction of sp³-hybridized carbons (Fsp3) is 0.400. The summed E-state index contributed by atoms with van der Waals surface area (Å²) in [6, 6.07) is 4.68. The highest BCUT2D eigenvalue weighted by Crippen LogP contribution is 2.34. The van der Waals surface area contributed by atoms with Gasteiger partial charge in [-0.2, -0.15) is 18.4 Å². The van der Waals surface area contributed by atoms with Crippen molar-refractivity contribution in [2.45, 2.75) is 44.4 Å². The van der Waals surface area contributed by atoms with Crippen molar-refractivity contribution in [3.8, 4) is 23.3 Å². The van der Waals surface area contributed by atoms with Gasteiger partial charge in [0.1, 0.15) is 23.0 Å². The molecular formula is C20H21F3N6OS. The minimum atomic E-state index is -4.53. The van der Waals surface area contributed by atoms with Crippen molar-refractivity contribution in [1.82, 2.24) is 19.5 Å². The minimum Gasteiger partial charge on any atom is -0.471 e. The molecule has 0 saturated heterocycles. The molecule has 3 aromatic heterocycles. The SMILES string of the molecule is CCS(=N)c1cc(OC(C)(C)C#N)c(C)nc1-c1nc2cc(C(F)(F)F)cnc2n1C. The molecule has 3 heterocycles. The van der Waals surface area contributed by atoms with Crippen LogP contribution in [0.3, 0.4) is 0 Å². The number of pyridine rings is 2. The number of fused-ring (bicyclic) bond motifs is 1. The summed E-state index contributed by atoms with van der Waals surface area (Å²) < 4.78 is 55.1. The third-order valence-corrected chi connectivity index (χ3v) is 5.99. The van der Waals surface area contributed by atoms with Crippen LogP contribution < -0.4 is 4.74 Å².